The van der Waals surface area contributed by atoms with Crippen molar-refractivity contribution in [2.45, 2.75) is 37.0 Å². The predicted octanol–water partition coefficient (Wildman–Crippen LogP) is 2.24. The van der Waals surface area contributed by atoms with Crippen molar-refractivity contribution in [3.8, 4) is 0 Å². The van der Waals surface area contributed by atoms with Crippen LogP contribution in [0.2, 0.25) is 5.54 Å². The lowest BCUT2D eigenvalue weighted by atomic mass is 9.94. The first kappa shape index (κ1) is 15.0. The number of hydrogen-bond donors (Lipinski definition) is 0. The third-order valence-corrected chi connectivity index (χ3v) is 6.50. The molecule has 0 fully saturated rings. The van der Waals surface area contributed by atoms with Crippen molar-refractivity contribution < 1.29 is 13.4 Å². The van der Waals surface area contributed by atoms with Gasteiger partial charge in [0.1, 0.15) is 0 Å². The highest BCUT2D eigenvalue weighted by atomic mass is 32.8. The zero-order valence-corrected chi connectivity index (χ0v) is 12.7. The van der Waals surface area contributed by atoms with Crippen LogP contribution in [0.3, 0.4) is 0 Å². The van der Waals surface area contributed by atoms with Crippen LogP contribution in [0, 0.1) is 0 Å². The molecule has 3 atom stereocenters. The summed E-state index contributed by atoms with van der Waals surface area (Å²) in [5.41, 5.74) is -0.113. The largest absolute Gasteiger partial charge is 0.225 e. The van der Waals surface area contributed by atoms with Crippen molar-refractivity contribution in [3.63, 3.8) is 0 Å². The van der Waals surface area contributed by atoms with Crippen LogP contribution in [0.1, 0.15) is 26.7 Å². The van der Waals surface area contributed by atoms with Crippen LogP contribution in [-0.2, 0) is 29.2 Å². The van der Waals surface area contributed by atoms with E-state index in [1.807, 2.05) is 31.2 Å². The van der Waals surface area contributed by atoms with Crippen molar-refractivity contribution in [2.24, 2.45) is 0 Å². The first-order valence-electron chi connectivity index (χ1n) is 5.63. The van der Waals surface area contributed by atoms with Crippen LogP contribution in [-0.4, -0.2) is 25.8 Å². The van der Waals surface area contributed by atoms with Gasteiger partial charge in [0.25, 0.3) is 0 Å². The van der Waals surface area contributed by atoms with Gasteiger partial charge in [-0.25, -0.2) is 9.10 Å². The SMILES string of the molecule is CCCC1(S(=O)(=S)OOCC)C=CC=CC1[Si]. The summed E-state index contributed by atoms with van der Waals surface area (Å²) >= 11 is 5.15. The van der Waals surface area contributed by atoms with E-state index >= 15 is 0 Å². The molecule has 0 bridgehead atoms. The van der Waals surface area contributed by atoms with Crippen LogP contribution >= 0.6 is 0 Å². The Kier molecular flexibility index (Phi) is 5.52. The second-order valence-electron chi connectivity index (χ2n) is 3.86. The summed E-state index contributed by atoms with van der Waals surface area (Å²) in [4.78, 5) is 4.81. The third-order valence-electron chi connectivity index (χ3n) is 2.68. The van der Waals surface area contributed by atoms with Crippen molar-refractivity contribution >= 4 is 30.2 Å². The fourth-order valence-electron chi connectivity index (χ4n) is 1.83. The standard InChI is InChI=1S/C11H17O3S2Si/c1-3-8-11(9-6-5-7-10(11)17)16(12,15)14-13-4-2/h5-7,9-10H,3-4,8H2,1-2H3. The molecular weight excluding hydrogens is 272 g/mol. The highest BCUT2D eigenvalue weighted by Crippen LogP contribution is 2.40. The lowest BCUT2D eigenvalue weighted by Gasteiger charge is -2.36. The second kappa shape index (κ2) is 6.24. The van der Waals surface area contributed by atoms with E-state index in [0.29, 0.717) is 13.0 Å². The molecule has 3 radical (unpaired) electrons. The lowest BCUT2D eigenvalue weighted by molar-refractivity contribution is -0.193. The molecule has 0 aromatic heterocycles. The van der Waals surface area contributed by atoms with Crippen LogP contribution in [0.25, 0.3) is 0 Å². The Morgan fingerprint density at radius 3 is 2.71 bits per heavy atom. The fraction of sp³-hybridized carbons (Fsp3) is 0.636. The van der Waals surface area contributed by atoms with Crippen molar-refractivity contribution in [2.75, 3.05) is 6.61 Å². The Bertz CT molecular complexity index is 403. The predicted molar refractivity (Wildman–Crippen MR) is 73.6 cm³/mol. The van der Waals surface area contributed by atoms with Crippen molar-refractivity contribution in [1.82, 2.24) is 0 Å². The van der Waals surface area contributed by atoms with Crippen LogP contribution < -0.4 is 0 Å². The minimum absolute atomic E-state index is 0.113. The Morgan fingerprint density at radius 1 is 1.47 bits per heavy atom. The monoisotopic (exact) mass is 289 g/mol. The average molecular weight is 289 g/mol. The van der Waals surface area contributed by atoms with Gasteiger partial charge in [-0.15, -0.1) is 4.33 Å². The molecule has 0 aliphatic heterocycles. The maximum Gasteiger partial charge on any atom is 0.183 e. The van der Waals surface area contributed by atoms with Crippen molar-refractivity contribution in [1.29, 1.82) is 0 Å². The minimum atomic E-state index is -2.99. The van der Waals surface area contributed by atoms with Gasteiger partial charge in [0.2, 0.25) is 0 Å². The molecule has 1 aliphatic rings. The van der Waals surface area contributed by atoms with Crippen LogP contribution in [0.4, 0.5) is 0 Å². The molecule has 1 aliphatic carbocycles. The second-order valence-corrected chi connectivity index (χ2v) is 7.60. The molecule has 3 unspecified atom stereocenters. The minimum Gasteiger partial charge on any atom is -0.225 e. The normalized spacial score (nSPS) is 31.4. The smallest absolute Gasteiger partial charge is 0.183 e. The molecule has 0 spiro atoms. The number of hydrogen-bond acceptors (Lipinski definition) is 4. The first-order chi connectivity index (χ1) is 8.00. The van der Waals surface area contributed by atoms with Gasteiger partial charge >= 0.3 is 0 Å². The van der Waals surface area contributed by atoms with Gasteiger partial charge in [0, 0.05) is 21.4 Å². The quantitative estimate of drug-likeness (QED) is 0.427. The molecule has 17 heavy (non-hydrogen) atoms. The van der Waals surface area contributed by atoms with E-state index in [1.54, 1.807) is 6.92 Å². The van der Waals surface area contributed by atoms with E-state index in [-0.39, 0.29) is 5.54 Å². The topological polar surface area (TPSA) is 35.5 Å². The summed E-state index contributed by atoms with van der Waals surface area (Å²) in [5, 5.41) is 0. The van der Waals surface area contributed by atoms with Gasteiger partial charge in [-0.3, -0.25) is 0 Å². The molecule has 0 aromatic rings. The molecule has 0 saturated carbocycles. The lowest BCUT2D eigenvalue weighted by Crippen LogP contribution is -2.42. The number of allylic oxidation sites excluding steroid dienone is 3. The maximum atomic E-state index is 12.6. The summed E-state index contributed by atoms with van der Waals surface area (Å²) in [6.45, 7) is 4.11. The summed E-state index contributed by atoms with van der Waals surface area (Å²) in [5.74, 6) is 0. The zero-order valence-electron chi connectivity index (χ0n) is 10.0. The maximum absolute atomic E-state index is 12.6. The molecule has 95 valence electrons. The molecule has 0 N–H and O–H groups in total. The van der Waals surface area contributed by atoms with Crippen LogP contribution in [0.15, 0.2) is 24.3 Å². The molecule has 0 heterocycles. The number of rotatable bonds is 6. The highest BCUT2D eigenvalue weighted by Gasteiger charge is 2.44. The molecule has 0 amide bonds. The Morgan fingerprint density at radius 2 is 2.18 bits per heavy atom. The molecule has 6 heteroatoms. The Labute approximate surface area is 111 Å². The van der Waals surface area contributed by atoms with E-state index in [4.69, 9.17) is 20.4 Å². The average Bonchev–Trinajstić information content (AvgIpc) is 2.29. The van der Waals surface area contributed by atoms with Gasteiger partial charge in [0.15, 0.2) is 8.77 Å². The van der Waals surface area contributed by atoms with E-state index < -0.39 is 13.5 Å². The van der Waals surface area contributed by atoms with Gasteiger partial charge in [-0.05, 0) is 18.9 Å². The molecule has 3 nitrogen and oxygen atoms in total. The molecule has 1 rings (SSSR count). The highest BCUT2D eigenvalue weighted by molar-refractivity contribution is 8.31. The molecular formula is C11H17O3S2Si. The van der Waals surface area contributed by atoms with Crippen LogP contribution in [0.5, 0.6) is 0 Å². The van der Waals surface area contributed by atoms with E-state index in [1.165, 1.54) is 0 Å². The third kappa shape index (κ3) is 3.06. The van der Waals surface area contributed by atoms with Gasteiger partial charge in [-0.1, -0.05) is 37.6 Å². The summed E-state index contributed by atoms with van der Waals surface area (Å²) in [6.07, 6.45) is 9.08. The van der Waals surface area contributed by atoms with Crippen molar-refractivity contribution in [3.05, 3.63) is 24.3 Å². The van der Waals surface area contributed by atoms with Gasteiger partial charge in [0.05, 0.1) is 11.4 Å². The molecule has 0 aromatic carbocycles. The Hall–Kier alpha value is -0.0131. The van der Waals surface area contributed by atoms with E-state index in [0.717, 1.165) is 6.42 Å². The fourth-order valence-corrected chi connectivity index (χ4v) is 5.19. The summed E-state index contributed by atoms with van der Waals surface area (Å²) in [6, 6.07) is 0. The van der Waals surface area contributed by atoms with E-state index in [2.05, 4.69) is 10.2 Å². The summed E-state index contributed by atoms with van der Waals surface area (Å²) < 4.78 is 16.8. The van der Waals surface area contributed by atoms with E-state index in [9.17, 15) is 4.21 Å². The first-order valence-corrected chi connectivity index (χ1v) is 8.61. The zero-order chi connectivity index (χ0) is 12.9. The van der Waals surface area contributed by atoms with Gasteiger partial charge < -0.3 is 0 Å². The summed E-state index contributed by atoms with van der Waals surface area (Å²) in [7, 11) is 0.583. The Balaban J connectivity index is 3.07. The molecule has 0 saturated heterocycles. The van der Waals surface area contributed by atoms with Gasteiger partial charge in [-0.2, -0.15) is 0 Å².